The minimum absolute atomic E-state index is 0.0370. The van der Waals surface area contributed by atoms with Crippen LogP contribution in [0.25, 0.3) is 0 Å². The Morgan fingerprint density at radius 3 is 2.37 bits per heavy atom. The molecule has 2 aromatic rings. The third-order valence-electron chi connectivity index (χ3n) is 4.10. The van der Waals surface area contributed by atoms with Crippen LogP contribution in [0.3, 0.4) is 0 Å². The van der Waals surface area contributed by atoms with Crippen LogP contribution >= 0.6 is 0 Å². The van der Waals surface area contributed by atoms with Gasteiger partial charge in [-0.05, 0) is 49.8 Å². The molecule has 0 aliphatic rings. The first-order valence-electron chi connectivity index (χ1n) is 9.00. The van der Waals surface area contributed by atoms with Crippen LogP contribution in [0.5, 0.6) is 5.75 Å². The molecule has 6 heteroatoms. The van der Waals surface area contributed by atoms with E-state index >= 15 is 0 Å². The minimum atomic E-state index is -0.282. The van der Waals surface area contributed by atoms with Gasteiger partial charge in [0.2, 0.25) is 5.91 Å². The Labute approximate surface area is 160 Å². The summed E-state index contributed by atoms with van der Waals surface area (Å²) in [6.45, 7) is 2.31. The Kier molecular flexibility index (Phi) is 8.32. The van der Waals surface area contributed by atoms with Crippen LogP contribution in [0.15, 0.2) is 54.6 Å². The zero-order valence-electron chi connectivity index (χ0n) is 15.9. The van der Waals surface area contributed by atoms with Crippen molar-refractivity contribution in [2.24, 2.45) is 0 Å². The summed E-state index contributed by atoms with van der Waals surface area (Å²) in [5.74, 6) is 0.208. The lowest BCUT2D eigenvalue weighted by molar-refractivity contribution is -0.120. The molecule has 0 spiro atoms. The van der Waals surface area contributed by atoms with Crippen molar-refractivity contribution in [2.75, 3.05) is 33.8 Å². The molecular weight excluding hydrogens is 342 g/mol. The maximum atomic E-state index is 12.0. The molecule has 0 heterocycles. The molecule has 0 aliphatic carbocycles. The summed E-state index contributed by atoms with van der Waals surface area (Å²) in [5.41, 5.74) is 1.76. The van der Waals surface area contributed by atoms with E-state index in [0.29, 0.717) is 17.9 Å². The lowest BCUT2D eigenvalue weighted by Gasteiger charge is -2.16. The van der Waals surface area contributed by atoms with Gasteiger partial charge >= 0.3 is 0 Å². The second-order valence-corrected chi connectivity index (χ2v) is 6.34. The van der Waals surface area contributed by atoms with E-state index in [4.69, 9.17) is 4.74 Å². The number of carbonyl (C=O) groups excluding carboxylic acids is 2. The van der Waals surface area contributed by atoms with Crippen LogP contribution in [-0.2, 0) is 11.3 Å². The van der Waals surface area contributed by atoms with E-state index in [-0.39, 0.29) is 18.4 Å². The van der Waals surface area contributed by atoms with E-state index in [1.54, 1.807) is 31.4 Å². The average molecular weight is 369 g/mol. The molecule has 0 unspecified atom stereocenters. The average Bonchev–Trinajstić information content (AvgIpc) is 2.70. The van der Waals surface area contributed by atoms with Gasteiger partial charge in [-0.2, -0.15) is 0 Å². The van der Waals surface area contributed by atoms with Crippen LogP contribution in [0.2, 0.25) is 0 Å². The van der Waals surface area contributed by atoms with Gasteiger partial charge in [-0.15, -0.1) is 0 Å². The van der Waals surface area contributed by atoms with E-state index in [2.05, 4.69) is 34.7 Å². The summed E-state index contributed by atoms with van der Waals surface area (Å²) in [5, 5.41) is 5.44. The zero-order chi connectivity index (χ0) is 19.5. The molecule has 0 saturated heterocycles. The van der Waals surface area contributed by atoms with Gasteiger partial charge in [0.15, 0.2) is 0 Å². The number of hydrogen-bond acceptors (Lipinski definition) is 4. The molecule has 2 N–H and O–H groups in total. The quantitative estimate of drug-likeness (QED) is 0.629. The molecule has 0 fully saturated rings. The highest BCUT2D eigenvalue weighted by atomic mass is 16.5. The molecule has 27 heavy (non-hydrogen) atoms. The number of nitrogens with one attached hydrogen (secondary N) is 2. The van der Waals surface area contributed by atoms with Crippen LogP contribution in [0.1, 0.15) is 22.3 Å². The molecule has 0 aromatic heterocycles. The van der Waals surface area contributed by atoms with Crippen molar-refractivity contribution in [1.82, 2.24) is 15.5 Å². The number of ether oxygens (including phenoxy) is 1. The minimum Gasteiger partial charge on any atom is -0.497 e. The second-order valence-electron chi connectivity index (χ2n) is 6.34. The lowest BCUT2D eigenvalue weighted by atomic mass is 10.2. The Morgan fingerprint density at radius 1 is 1.00 bits per heavy atom. The van der Waals surface area contributed by atoms with Gasteiger partial charge < -0.3 is 20.3 Å². The van der Waals surface area contributed by atoms with E-state index in [9.17, 15) is 9.59 Å². The third-order valence-corrected chi connectivity index (χ3v) is 4.10. The van der Waals surface area contributed by atoms with Crippen LogP contribution in [-0.4, -0.2) is 50.5 Å². The number of nitrogens with zero attached hydrogens (tertiary/aromatic N) is 1. The molecule has 144 valence electrons. The molecule has 0 saturated carbocycles. The largest absolute Gasteiger partial charge is 0.497 e. The highest BCUT2D eigenvalue weighted by molar-refractivity contribution is 5.96. The van der Waals surface area contributed by atoms with E-state index in [0.717, 1.165) is 19.5 Å². The fourth-order valence-electron chi connectivity index (χ4n) is 2.62. The predicted molar refractivity (Wildman–Crippen MR) is 106 cm³/mol. The Morgan fingerprint density at radius 2 is 1.70 bits per heavy atom. The van der Waals surface area contributed by atoms with Crippen molar-refractivity contribution >= 4 is 11.8 Å². The maximum absolute atomic E-state index is 12.0. The number of benzene rings is 2. The summed E-state index contributed by atoms with van der Waals surface area (Å²) in [4.78, 5) is 26.1. The van der Waals surface area contributed by atoms with Gasteiger partial charge in [0, 0.05) is 18.7 Å². The van der Waals surface area contributed by atoms with Crippen molar-refractivity contribution < 1.29 is 14.3 Å². The normalized spacial score (nSPS) is 10.5. The summed E-state index contributed by atoms with van der Waals surface area (Å²) in [7, 11) is 3.63. The van der Waals surface area contributed by atoms with Gasteiger partial charge in [0.25, 0.3) is 5.91 Å². The molecule has 6 nitrogen and oxygen atoms in total. The second kappa shape index (κ2) is 11.0. The Bertz CT molecular complexity index is 717. The van der Waals surface area contributed by atoms with Crippen LogP contribution in [0.4, 0.5) is 0 Å². The Balaban J connectivity index is 1.59. The number of methoxy groups -OCH3 is 1. The van der Waals surface area contributed by atoms with Gasteiger partial charge in [0.05, 0.1) is 13.7 Å². The van der Waals surface area contributed by atoms with E-state index in [1.807, 2.05) is 18.2 Å². The highest BCUT2D eigenvalue weighted by Crippen LogP contribution is 2.10. The van der Waals surface area contributed by atoms with Crippen molar-refractivity contribution in [1.29, 1.82) is 0 Å². The summed E-state index contributed by atoms with van der Waals surface area (Å²) in [6, 6.07) is 17.0. The number of hydrogen-bond donors (Lipinski definition) is 2. The number of amides is 2. The molecule has 0 atom stereocenters. The molecule has 2 rings (SSSR count). The van der Waals surface area contributed by atoms with Crippen molar-refractivity contribution in [3.8, 4) is 5.75 Å². The van der Waals surface area contributed by atoms with Gasteiger partial charge in [-0.3, -0.25) is 9.59 Å². The fourth-order valence-corrected chi connectivity index (χ4v) is 2.62. The lowest BCUT2D eigenvalue weighted by Crippen LogP contribution is -2.37. The third kappa shape index (κ3) is 7.50. The van der Waals surface area contributed by atoms with Gasteiger partial charge in [0.1, 0.15) is 5.75 Å². The Hall–Kier alpha value is -2.86. The molecule has 0 aliphatic heterocycles. The summed E-state index contributed by atoms with van der Waals surface area (Å²) >= 11 is 0. The van der Waals surface area contributed by atoms with E-state index in [1.165, 1.54) is 5.56 Å². The summed E-state index contributed by atoms with van der Waals surface area (Å²) in [6.07, 6.45) is 0.849. The van der Waals surface area contributed by atoms with Crippen LogP contribution in [0, 0.1) is 0 Å². The summed E-state index contributed by atoms with van der Waals surface area (Å²) < 4.78 is 5.05. The number of carbonyl (C=O) groups is 2. The van der Waals surface area contributed by atoms with Crippen LogP contribution < -0.4 is 15.4 Å². The maximum Gasteiger partial charge on any atom is 0.251 e. The number of rotatable bonds is 10. The topological polar surface area (TPSA) is 70.7 Å². The molecular formula is C21H27N3O3. The molecule has 0 radical (unpaired) electrons. The highest BCUT2D eigenvalue weighted by Gasteiger charge is 2.08. The smallest absolute Gasteiger partial charge is 0.251 e. The standard InChI is InChI=1S/C21H27N3O3/c1-24(16-17-7-4-3-5-8-17)14-6-13-22-20(25)15-23-21(26)18-9-11-19(27-2)12-10-18/h3-5,7-12H,6,13-16H2,1-2H3,(H,22,25)(H,23,26). The SMILES string of the molecule is COc1ccc(C(=O)NCC(=O)NCCCN(C)Cc2ccccc2)cc1. The van der Waals surface area contributed by atoms with Gasteiger partial charge in [-0.25, -0.2) is 0 Å². The molecule has 2 aromatic carbocycles. The van der Waals surface area contributed by atoms with Crippen molar-refractivity contribution in [3.05, 3.63) is 65.7 Å². The fraction of sp³-hybridized carbons (Fsp3) is 0.333. The first-order chi connectivity index (χ1) is 13.1. The first kappa shape index (κ1) is 20.5. The first-order valence-corrected chi connectivity index (χ1v) is 9.00. The molecule has 2 amide bonds. The predicted octanol–water partition coefficient (Wildman–Crippen LogP) is 2.06. The van der Waals surface area contributed by atoms with Crippen molar-refractivity contribution in [2.45, 2.75) is 13.0 Å². The van der Waals surface area contributed by atoms with Gasteiger partial charge in [-0.1, -0.05) is 30.3 Å². The zero-order valence-corrected chi connectivity index (χ0v) is 15.9. The molecule has 0 bridgehead atoms. The monoisotopic (exact) mass is 369 g/mol. The van der Waals surface area contributed by atoms with E-state index < -0.39 is 0 Å². The van der Waals surface area contributed by atoms with Crippen molar-refractivity contribution in [3.63, 3.8) is 0 Å².